The van der Waals surface area contributed by atoms with Crippen molar-refractivity contribution in [3.05, 3.63) is 416 Å². The average Bonchev–Trinajstić information content (AvgIpc) is 1.60. The van der Waals surface area contributed by atoms with E-state index in [-0.39, 0.29) is 47.8 Å². The van der Waals surface area contributed by atoms with Gasteiger partial charge in [-0.3, -0.25) is 9.13 Å². The fraction of sp³-hybridized carbons (Fsp3) is 0.124. The van der Waals surface area contributed by atoms with Gasteiger partial charge in [0.15, 0.2) is 0 Å². The van der Waals surface area contributed by atoms with Crippen LogP contribution in [0.3, 0.4) is 0 Å². The molecule has 0 radical (unpaired) electrons. The number of pyridine rings is 2. The normalized spacial score (nSPS) is 11.4. The molecular formula is C121H108BrN8NaO3. The first-order valence-corrected chi connectivity index (χ1v) is 45.9. The van der Waals surface area contributed by atoms with Crippen LogP contribution < -0.4 is 55.2 Å². The van der Waals surface area contributed by atoms with Crippen molar-refractivity contribution >= 4 is 163 Å². The molecule has 0 fully saturated rings. The number of para-hydroxylation sites is 6. The summed E-state index contributed by atoms with van der Waals surface area (Å²) in [5.74, 6) is 4.86. The van der Waals surface area contributed by atoms with Crippen LogP contribution in [0.4, 0.5) is 17.1 Å². The summed E-state index contributed by atoms with van der Waals surface area (Å²) >= 11 is 3.51. The van der Waals surface area contributed by atoms with E-state index in [9.17, 15) is 5.11 Å². The minimum atomic E-state index is -0.750. The Kier molecular flexibility index (Phi) is 27.7. The summed E-state index contributed by atoms with van der Waals surface area (Å²) in [4.78, 5) is 17.4. The molecule has 0 aliphatic heterocycles. The van der Waals surface area contributed by atoms with Gasteiger partial charge in [-0.05, 0) is 179 Å². The molecule has 6 aromatic heterocycles. The smallest absolute Gasteiger partial charge is 0.850 e. The molecule has 0 atom stereocenters. The van der Waals surface area contributed by atoms with Gasteiger partial charge in [0.1, 0.15) is 34.6 Å². The van der Waals surface area contributed by atoms with E-state index in [0.717, 1.165) is 149 Å². The molecule has 0 saturated carbocycles. The summed E-state index contributed by atoms with van der Waals surface area (Å²) in [6.07, 6.45) is 3.82. The Balaban J connectivity index is 0.000000153. The molecule has 0 aliphatic rings. The second kappa shape index (κ2) is 40.0. The molecule has 22 aromatic rings. The maximum absolute atomic E-state index is 10.1. The first-order valence-electron chi connectivity index (χ1n) is 45.1. The van der Waals surface area contributed by atoms with Crippen LogP contribution in [0, 0.1) is 0 Å². The number of nitrogen functional groups attached to an aromatic ring is 1. The first kappa shape index (κ1) is 92.9. The number of halogens is 1. The summed E-state index contributed by atoms with van der Waals surface area (Å²) in [5, 5.41) is 32.6. The molecule has 0 spiro atoms. The van der Waals surface area contributed by atoms with Crippen molar-refractivity contribution in [2.75, 3.05) is 11.1 Å². The van der Waals surface area contributed by atoms with Crippen LogP contribution in [0.15, 0.2) is 405 Å². The predicted octanol–water partition coefficient (Wildman–Crippen LogP) is 30.6. The molecule has 11 nitrogen and oxygen atoms in total. The van der Waals surface area contributed by atoms with Gasteiger partial charge in [0, 0.05) is 95.0 Å². The molecule has 0 aliphatic carbocycles. The molecule has 0 amide bonds. The summed E-state index contributed by atoms with van der Waals surface area (Å²) in [6, 6.07) is 136. The largest absolute Gasteiger partial charge is 1.00 e. The van der Waals surface area contributed by atoms with Gasteiger partial charge in [0.05, 0.1) is 55.5 Å². The number of ether oxygens (including phenoxy) is 2. The third kappa shape index (κ3) is 19.6. The molecule has 0 saturated heterocycles. The van der Waals surface area contributed by atoms with E-state index in [1.165, 1.54) is 70.6 Å². The number of anilines is 3. The predicted molar refractivity (Wildman–Crippen MR) is 569 cm³/mol. The zero-order valence-corrected chi connectivity index (χ0v) is 80.7. The number of fused-ring (bicyclic) bond motifs is 20. The minimum Gasteiger partial charge on any atom is -0.850 e. The van der Waals surface area contributed by atoms with E-state index in [1.807, 2.05) is 86.9 Å². The van der Waals surface area contributed by atoms with Gasteiger partial charge in [-0.25, -0.2) is 9.97 Å². The van der Waals surface area contributed by atoms with E-state index in [4.69, 9.17) is 25.2 Å². The Bertz CT molecular complexity index is 8210. The van der Waals surface area contributed by atoms with Crippen LogP contribution in [0.2, 0.25) is 0 Å². The molecular weight excluding hydrogens is 1720 g/mol. The van der Waals surface area contributed by atoms with Crippen LogP contribution in [-0.4, -0.2) is 34.7 Å². The quantitative estimate of drug-likeness (QED) is 0.0787. The minimum absolute atomic E-state index is 0. The number of aromatic nitrogens is 6. The fourth-order valence-electron chi connectivity index (χ4n) is 17.7. The number of aromatic amines is 2. The molecule has 6 heterocycles. The topological polar surface area (TPSA) is 147 Å². The third-order valence-electron chi connectivity index (χ3n) is 23.8. The summed E-state index contributed by atoms with van der Waals surface area (Å²) < 4.78 is 18.3. The second-order valence-corrected chi connectivity index (χ2v) is 36.8. The Morgan fingerprint density at radius 2 is 0.634 bits per heavy atom. The van der Waals surface area contributed by atoms with Crippen molar-refractivity contribution in [3.8, 4) is 56.9 Å². The maximum atomic E-state index is 10.1. The van der Waals surface area contributed by atoms with Crippen LogP contribution in [0.1, 0.15) is 94.7 Å². The van der Waals surface area contributed by atoms with Crippen molar-refractivity contribution in [1.29, 1.82) is 0 Å². The number of nitrogens with two attached hydrogens (primary N) is 1. The van der Waals surface area contributed by atoms with Crippen molar-refractivity contribution in [1.82, 2.24) is 29.1 Å². The average molecular weight is 1830 g/mol. The van der Waals surface area contributed by atoms with Crippen LogP contribution in [0.25, 0.3) is 164 Å². The number of benzene rings is 16. The number of hydrogen-bond donors (Lipinski definition) is 4. The molecule has 0 unspecified atom stereocenters. The van der Waals surface area contributed by atoms with Gasteiger partial charge in [0.25, 0.3) is 0 Å². The van der Waals surface area contributed by atoms with Crippen LogP contribution in [-0.2, 0) is 10.8 Å². The number of nitrogens with one attached hydrogen (secondary N) is 3. The number of rotatable bonds is 10. The van der Waals surface area contributed by atoms with Gasteiger partial charge in [0.2, 0.25) is 0 Å². The molecule has 134 heavy (non-hydrogen) atoms. The first-order chi connectivity index (χ1) is 64.1. The summed E-state index contributed by atoms with van der Waals surface area (Å²) in [7, 11) is 0. The zero-order chi connectivity index (χ0) is 91.4. The number of nitrogens with zero attached hydrogens (tertiary/aromatic N) is 4. The van der Waals surface area contributed by atoms with Crippen molar-refractivity contribution < 1.29 is 44.1 Å². The number of hydrogen-bond acceptors (Lipinski definition) is 7. The van der Waals surface area contributed by atoms with E-state index in [2.05, 4.69) is 409 Å². The van der Waals surface area contributed by atoms with Crippen LogP contribution in [0.5, 0.6) is 23.0 Å². The summed E-state index contributed by atoms with van der Waals surface area (Å²) in [6.45, 7) is 22.3. The standard InChI is InChI=1S/C57H44N4O.C30H22N2.C27H23BrN2O.C4H9O.C2H6.CH4.Na/c1-57(2,3)38-32-33-58-54(34-38)61-52-29-12-11-24-47(52)48-31-30-41(36-53(48)61)62-40-19-13-18-39(35-40)59-51-28-15-27-50-46-23-10-8-21-44(46)43-20-7-9-22-45(43)49-26-14-25-42(55(49)60-56(50)51)37-16-5-4-6-17-37;31-28-19-9-18-27-25-15-7-5-13-23(25)22-12-4-6-14-24(22)26-17-8-16-21(29(26)32-30(27)28)20-10-2-1-3-11-20;1-27(2,3)18-13-14-29-26(15-18)30-24-10-5-4-9-22(24)23-12-11-21(17-25(23)30)31-20-8-6-7-19(28)16-20;1-4(2,3)5;1-2;;/h4-36,59-60H,1-3H3;1-19,32H,31H2;4-17H,1-3H3;1-3H3;1-2H3;1H4;/q;;;-1;;;+1. The molecule has 22 rings (SSSR count). The van der Waals surface area contributed by atoms with Gasteiger partial charge >= 0.3 is 29.6 Å². The Hall–Kier alpha value is -14.3. The monoisotopic (exact) mass is 1820 g/mol. The maximum Gasteiger partial charge on any atom is 1.00 e. The van der Waals surface area contributed by atoms with Gasteiger partial charge in [-0.1, -0.05) is 366 Å². The molecule has 13 heteroatoms. The van der Waals surface area contributed by atoms with E-state index in [1.54, 1.807) is 20.8 Å². The molecule has 658 valence electrons. The van der Waals surface area contributed by atoms with Crippen molar-refractivity contribution in [2.24, 2.45) is 0 Å². The van der Waals surface area contributed by atoms with Gasteiger partial charge in [-0.15, -0.1) is 5.60 Å². The van der Waals surface area contributed by atoms with Crippen LogP contribution >= 0.6 is 15.9 Å². The van der Waals surface area contributed by atoms with Gasteiger partial charge in [-0.2, -0.15) is 0 Å². The van der Waals surface area contributed by atoms with E-state index < -0.39 is 5.60 Å². The molecule has 5 N–H and O–H groups in total. The van der Waals surface area contributed by atoms with Crippen molar-refractivity contribution in [3.63, 3.8) is 0 Å². The fourth-order valence-corrected chi connectivity index (χ4v) is 18.1. The Labute approximate surface area is 814 Å². The Morgan fingerprint density at radius 1 is 0.313 bits per heavy atom. The number of H-pyrrole nitrogens is 2. The molecule has 16 aromatic carbocycles. The second-order valence-electron chi connectivity index (χ2n) is 35.9. The van der Waals surface area contributed by atoms with Gasteiger partial charge < -0.3 is 35.6 Å². The zero-order valence-electron chi connectivity index (χ0n) is 77.1. The third-order valence-corrected chi connectivity index (χ3v) is 24.3. The molecule has 0 bridgehead atoms. The SMILES string of the molecule is C.CC.CC(C)(C)[O-].CC(C)(C)c1ccnc(-n2c3ccccc3c3ccc(Oc4cccc(Br)c4)cc32)c1.CC(C)(C)c1ccnc(-n2c3ccccc3c3ccc(Oc4cccc(Nc5cccc6c5[nH]c5c(-c7ccccc7)cccc5c5ccccc5c5ccccc65)c4)cc32)c1.Nc1cccc2c1[nH]c1c(-c3ccccc3)cccc1c1ccccc1c1ccccc21.[Na+]. The van der Waals surface area contributed by atoms with E-state index in [0.29, 0.717) is 0 Å². The van der Waals surface area contributed by atoms with E-state index >= 15 is 0 Å². The van der Waals surface area contributed by atoms with Crippen molar-refractivity contribution in [2.45, 2.75) is 100 Å². The summed E-state index contributed by atoms with van der Waals surface area (Å²) in [5.41, 5.74) is 23.9. The Morgan fingerprint density at radius 3 is 1.05 bits per heavy atom.